The topological polar surface area (TPSA) is 140 Å². The second-order valence-corrected chi connectivity index (χ2v) is 5.09. The highest BCUT2D eigenvalue weighted by atomic mass is 35.5. The number of hydrogen-bond acceptors (Lipinski definition) is 7. The molecule has 0 atom stereocenters. The Morgan fingerprint density at radius 3 is 2.41 bits per heavy atom. The van der Waals surface area contributed by atoms with Gasteiger partial charge in [0.1, 0.15) is 0 Å². The highest BCUT2D eigenvalue weighted by Gasteiger charge is 2.26. The highest BCUT2D eigenvalue weighted by Crippen LogP contribution is 2.39. The molecule has 9 nitrogen and oxygen atoms in total. The number of nitrogens with two attached hydrogens (primary N) is 1. The van der Waals surface area contributed by atoms with Crippen LogP contribution in [0.5, 0.6) is 11.6 Å². The van der Waals surface area contributed by atoms with Crippen LogP contribution < -0.4 is 16.0 Å². The Bertz CT molecular complexity index is 815. The van der Waals surface area contributed by atoms with Crippen molar-refractivity contribution in [1.82, 2.24) is 9.71 Å². The summed E-state index contributed by atoms with van der Waals surface area (Å²) in [4.78, 5) is 13.6. The lowest BCUT2D eigenvalue weighted by molar-refractivity contribution is -0.388. The van der Waals surface area contributed by atoms with E-state index < -0.39 is 27.9 Å². The molecule has 1 heterocycles. The smallest absolute Gasteiger partial charge is 0.376 e. The number of rotatable bonds is 3. The maximum Gasteiger partial charge on any atom is 0.376 e. The van der Waals surface area contributed by atoms with Crippen LogP contribution in [0.15, 0.2) is 12.1 Å². The molecule has 12 heteroatoms. The predicted octanol–water partition coefficient (Wildman–Crippen LogP) is 2.84. The first kappa shape index (κ1) is 16.1. The van der Waals surface area contributed by atoms with Gasteiger partial charge in [-0.25, -0.2) is 0 Å². The molecule has 116 valence electrons. The molecule has 0 fully saturated rings. The fourth-order valence-electron chi connectivity index (χ4n) is 1.48. The van der Waals surface area contributed by atoms with Crippen molar-refractivity contribution in [2.24, 2.45) is 0 Å². The first-order chi connectivity index (χ1) is 10.2. The van der Waals surface area contributed by atoms with Crippen LogP contribution in [0, 0.1) is 15.5 Å². The number of nitro groups is 1. The molecule has 0 radical (unpaired) electrons. The molecule has 0 amide bonds. The van der Waals surface area contributed by atoms with Crippen LogP contribution in [0.3, 0.4) is 0 Å². The molecule has 2 aromatic rings. The predicted molar refractivity (Wildman–Crippen MR) is 77.9 cm³/mol. The molecule has 0 saturated carbocycles. The summed E-state index contributed by atoms with van der Waals surface area (Å²) in [6.45, 7) is 0. The Labute approximate surface area is 137 Å². The van der Waals surface area contributed by atoms with Crippen molar-refractivity contribution in [3.05, 3.63) is 42.8 Å². The van der Waals surface area contributed by atoms with Gasteiger partial charge in [-0.05, 0) is 12.1 Å². The van der Waals surface area contributed by atoms with Gasteiger partial charge in [-0.1, -0.05) is 34.8 Å². The van der Waals surface area contributed by atoms with Crippen molar-refractivity contribution < 1.29 is 14.9 Å². The lowest BCUT2D eigenvalue weighted by Gasteiger charge is -2.11. The number of benzene rings is 1. The second-order valence-electron chi connectivity index (χ2n) is 3.84. The summed E-state index contributed by atoms with van der Waals surface area (Å²) >= 11 is 17.5. The molecule has 2 rings (SSSR count). The van der Waals surface area contributed by atoms with Crippen molar-refractivity contribution >= 4 is 46.4 Å². The Morgan fingerprint density at radius 2 is 1.91 bits per heavy atom. The van der Waals surface area contributed by atoms with Gasteiger partial charge in [-0.3, -0.25) is 15.5 Å². The van der Waals surface area contributed by atoms with E-state index in [0.29, 0.717) is 0 Å². The number of nitrogens with one attached hydrogen (secondary N) is 1. The van der Waals surface area contributed by atoms with Crippen LogP contribution in [0.25, 0.3) is 0 Å². The third-order valence-corrected chi connectivity index (χ3v) is 3.20. The molecule has 1 aromatic carbocycles. The molecule has 0 aliphatic rings. The molecule has 0 saturated heterocycles. The zero-order valence-corrected chi connectivity index (χ0v) is 12.6. The molecular formula is C10H6Cl3N5O4. The monoisotopic (exact) mass is 365 g/mol. The first-order valence-corrected chi connectivity index (χ1v) is 6.49. The minimum atomic E-state index is -0.964. The third-order valence-electron chi connectivity index (χ3n) is 2.42. The summed E-state index contributed by atoms with van der Waals surface area (Å²) in [5, 5.41) is 28.1. The summed E-state index contributed by atoms with van der Waals surface area (Å²) in [7, 11) is 0. The zero-order valence-electron chi connectivity index (χ0n) is 10.4. The van der Waals surface area contributed by atoms with Crippen LogP contribution in [-0.4, -0.2) is 19.8 Å². The summed E-state index contributed by atoms with van der Waals surface area (Å²) in [5.41, 5.74) is 3.50. The Morgan fingerprint density at radius 1 is 1.36 bits per heavy atom. The zero-order chi connectivity index (χ0) is 16.6. The summed E-state index contributed by atoms with van der Waals surface area (Å²) in [6, 6.07) is 2.60. The number of nitrogen functional groups attached to an aromatic ring is 1. The molecule has 1 aromatic heterocycles. The van der Waals surface area contributed by atoms with Crippen molar-refractivity contribution in [3.63, 3.8) is 0 Å². The number of aromatic nitrogens is 2. The normalized spacial score (nSPS) is 10.5. The maximum atomic E-state index is 11.0. The van der Waals surface area contributed by atoms with Gasteiger partial charge in [0.2, 0.25) is 11.4 Å². The third kappa shape index (κ3) is 2.86. The lowest BCUT2D eigenvalue weighted by atomic mass is 10.3. The molecule has 0 aliphatic heterocycles. The van der Waals surface area contributed by atoms with Crippen LogP contribution in [-0.2, 0) is 0 Å². The maximum absolute atomic E-state index is 11.0. The van der Waals surface area contributed by atoms with E-state index in [1.807, 2.05) is 0 Å². The van der Waals surface area contributed by atoms with E-state index in [-0.39, 0.29) is 25.5 Å². The van der Waals surface area contributed by atoms with E-state index in [2.05, 4.69) is 4.98 Å². The number of anilines is 1. The SMILES string of the molecule is N=c1c([N+](=O)[O-])c(Oc2c(Cl)cc(Cl)cc2Cl)nc(N)n1O. The molecular weight excluding hydrogens is 360 g/mol. The molecule has 0 unspecified atom stereocenters. The van der Waals surface area contributed by atoms with Gasteiger partial charge in [0.15, 0.2) is 5.75 Å². The van der Waals surface area contributed by atoms with Crippen LogP contribution in [0.4, 0.5) is 11.6 Å². The van der Waals surface area contributed by atoms with Crippen molar-refractivity contribution in [2.45, 2.75) is 0 Å². The minimum absolute atomic E-state index is 0.0283. The molecule has 0 aliphatic carbocycles. The quantitative estimate of drug-likeness (QED) is 0.433. The van der Waals surface area contributed by atoms with Crippen molar-refractivity contribution in [3.8, 4) is 11.6 Å². The summed E-state index contributed by atoms with van der Waals surface area (Å²) < 4.78 is 5.24. The van der Waals surface area contributed by atoms with Crippen LogP contribution in [0.2, 0.25) is 15.1 Å². The summed E-state index contributed by atoms with van der Waals surface area (Å²) in [5.74, 6) is -1.39. The summed E-state index contributed by atoms with van der Waals surface area (Å²) in [6.07, 6.45) is 0. The lowest BCUT2D eigenvalue weighted by Crippen LogP contribution is -2.25. The molecule has 4 N–H and O–H groups in total. The van der Waals surface area contributed by atoms with E-state index in [0.717, 1.165) is 0 Å². The Kier molecular flexibility index (Phi) is 4.31. The first-order valence-electron chi connectivity index (χ1n) is 5.35. The van der Waals surface area contributed by atoms with Gasteiger partial charge in [0.05, 0.1) is 15.0 Å². The van der Waals surface area contributed by atoms with E-state index in [1.165, 1.54) is 12.1 Å². The van der Waals surface area contributed by atoms with Crippen molar-refractivity contribution in [1.29, 1.82) is 5.41 Å². The van der Waals surface area contributed by atoms with E-state index >= 15 is 0 Å². The highest BCUT2D eigenvalue weighted by molar-refractivity contribution is 6.40. The van der Waals surface area contributed by atoms with E-state index in [1.54, 1.807) is 0 Å². The number of halogens is 3. The van der Waals surface area contributed by atoms with Crippen molar-refractivity contribution in [2.75, 3.05) is 5.73 Å². The van der Waals surface area contributed by atoms with Gasteiger partial charge in [-0.2, -0.15) is 4.98 Å². The standard InChI is InChI=1S/C10H6Cl3N5O4/c11-3-1-4(12)7(5(13)2-3)22-9-6(18(20)21)8(14)17(19)10(15)16-9/h1-2,14,19H,(H2,15,16). The largest absolute Gasteiger partial charge is 0.430 e. The van der Waals surface area contributed by atoms with Gasteiger partial charge in [-0.15, -0.1) is 4.73 Å². The molecule has 22 heavy (non-hydrogen) atoms. The molecule has 0 spiro atoms. The fraction of sp³-hybridized carbons (Fsp3) is 0. The van der Waals surface area contributed by atoms with Gasteiger partial charge in [0.25, 0.3) is 0 Å². The number of hydrogen-bond donors (Lipinski definition) is 3. The second kappa shape index (κ2) is 5.87. The van der Waals surface area contributed by atoms with Gasteiger partial charge >= 0.3 is 11.6 Å². The van der Waals surface area contributed by atoms with E-state index in [9.17, 15) is 15.3 Å². The average Bonchev–Trinajstić information content (AvgIpc) is 2.39. The van der Waals surface area contributed by atoms with Gasteiger partial charge < -0.3 is 15.7 Å². The minimum Gasteiger partial charge on any atom is -0.430 e. The Balaban J connectivity index is 2.65. The Hall–Kier alpha value is -2.23. The van der Waals surface area contributed by atoms with Crippen LogP contribution in [0.1, 0.15) is 0 Å². The number of ether oxygens (including phenoxy) is 1. The fourth-order valence-corrected chi connectivity index (χ4v) is 2.37. The number of nitrogens with zero attached hydrogens (tertiary/aromatic N) is 3. The average molecular weight is 367 g/mol. The van der Waals surface area contributed by atoms with E-state index in [4.69, 9.17) is 50.7 Å². The molecule has 0 bridgehead atoms. The van der Waals surface area contributed by atoms with Gasteiger partial charge in [0, 0.05) is 5.02 Å². The van der Waals surface area contributed by atoms with Crippen LogP contribution >= 0.6 is 34.8 Å².